The second-order valence-corrected chi connectivity index (χ2v) is 4.20. The topological polar surface area (TPSA) is 37.8 Å². The molecule has 2 rings (SSSR count). The maximum absolute atomic E-state index is 11.6. The van der Waals surface area contributed by atoms with Crippen LogP contribution in [0.3, 0.4) is 0 Å². The van der Waals surface area contributed by atoms with Gasteiger partial charge in [0.15, 0.2) is 0 Å². The summed E-state index contributed by atoms with van der Waals surface area (Å²) in [5, 5.41) is 3.06. The summed E-state index contributed by atoms with van der Waals surface area (Å²) in [6.07, 6.45) is 0.832. The zero-order valence-corrected chi connectivity index (χ0v) is 9.91. The Kier molecular flexibility index (Phi) is 2.77. The van der Waals surface area contributed by atoms with Gasteiger partial charge in [-0.15, -0.1) is 0 Å². The lowest BCUT2D eigenvalue weighted by Crippen LogP contribution is -2.13. The number of rotatable bonds is 2. The van der Waals surface area contributed by atoms with Crippen LogP contribution in [0.4, 0.5) is 0 Å². The molecule has 0 amide bonds. The van der Waals surface area contributed by atoms with Gasteiger partial charge in [0.05, 0.1) is 5.69 Å². The minimum atomic E-state index is -0.0193. The molecule has 78 valence electrons. The van der Waals surface area contributed by atoms with E-state index in [0.29, 0.717) is 0 Å². The smallest absolute Gasteiger partial charge is 0.271 e. The molecule has 0 radical (unpaired) electrons. The highest BCUT2D eigenvalue weighted by Gasteiger charge is 2.02. The van der Waals surface area contributed by atoms with E-state index in [-0.39, 0.29) is 5.56 Å². The number of aryl methyl sites for hydroxylation is 1. The second-order valence-electron chi connectivity index (χ2n) is 3.28. The van der Waals surface area contributed by atoms with Crippen LogP contribution in [-0.2, 0) is 6.42 Å². The van der Waals surface area contributed by atoms with Crippen molar-refractivity contribution in [1.82, 2.24) is 9.78 Å². The van der Waals surface area contributed by atoms with E-state index >= 15 is 0 Å². The molecule has 0 atom stereocenters. The van der Waals surface area contributed by atoms with Crippen molar-refractivity contribution in [2.75, 3.05) is 0 Å². The predicted molar refractivity (Wildman–Crippen MR) is 63.5 cm³/mol. The molecule has 1 aromatic carbocycles. The zero-order valence-electron chi connectivity index (χ0n) is 8.33. The van der Waals surface area contributed by atoms with E-state index in [1.54, 1.807) is 10.7 Å². The number of aromatic amines is 1. The molecule has 1 aromatic heterocycles. The minimum Gasteiger partial charge on any atom is -0.295 e. The molecule has 2 aromatic rings. The first kappa shape index (κ1) is 10.2. The van der Waals surface area contributed by atoms with Gasteiger partial charge < -0.3 is 0 Å². The van der Waals surface area contributed by atoms with Gasteiger partial charge in [0.25, 0.3) is 5.56 Å². The first-order valence-corrected chi connectivity index (χ1v) is 5.57. The highest BCUT2D eigenvalue weighted by Crippen LogP contribution is 2.12. The summed E-state index contributed by atoms with van der Waals surface area (Å²) in [6.45, 7) is 2.01. The number of nitrogens with one attached hydrogen (secondary N) is 1. The van der Waals surface area contributed by atoms with Crippen LogP contribution in [0.25, 0.3) is 5.69 Å². The lowest BCUT2D eigenvalue weighted by Gasteiger charge is -2.01. The van der Waals surface area contributed by atoms with E-state index in [2.05, 4.69) is 21.0 Å². The Hall–Kier alpha value is -1.29. The molecule has 0 aliphatic carbocycles. The van der Waals surface area contributed by atoms with Crippen LogP contribution >= 0.6 is 15.9 Å². The predicted octanol–water partition coefficient (Wildman–Crippen LogP) is 2.49. The normalized spacial score (nSPS) is 10.5. The monoisotopic (exact) mass is 266 g/mol. The lowest BCUT2D eigenvalue weighted by molar-refractivity contribution is 0.819. The molecule has 0 aliphatic heterocycles. The fourth-order valence-corrected chi connectivity index (χ4v) is 1.67. The lowest BCUT2D eigenvalue weighted by atomic mass is 10.3. The third-order valence-electron chi connectivity index (χ3n) is 2.24. The number of hydrogen-bond acceptors (Lipinski definition) is 1. The van der Waals surface area contributed by atoms with Crippen molar-refractivity contribution in [1.29, 1.82) is 0 Å². The molecule has 0 bridgehead atoms. The molecule has 15 heavy (non-hydrogen) atoms. The Labute approximate surface area is 95.9 Å². The third-order valence-corrected chi connectivity index (χ3v) is 2.77. The molecule has 1 heterocycles. The molecule has 4 heteroatoms. The minimum absolute atomic E-state index is 0.0193. The summed E-state index contributed by atoms with van der Waals surface area (Å²) >= 11 is 3.36. The maximum atomic E-state index is 11.6. The summed E-state index contributed by atoms with van der Waals surface area (Å²) in [5.74, 6) is 0. The summed E-state index contributed by atoms with van der Waals surface area (Å²) in [6, 6.07) is 9.23. The van der Waals surface area contributed by atoms with Crippen LogP contribution in [0.2, 0.25) is 0 Å². The van der Waals surface area contributed by atoms with Crippen molar-refractivity contribution in [3.63, 3.8) is 0 Å². The van der Waals surface area contributed by atoms with Gasteiger partial charge in [0, 0.05) is 16.2 Å². The standard InChI is InChI=1S/C11H11BrN2O/c1-2-9-7-11(15)14(13-9)10-5-3-8(12)4-6-10/h3-7,13H,2H2,1H3. The molecular formula is C11H11BrN2O. The largest absolute Gasteiger partial charge is 0.295 e. The van der Waals surface area contributed by atoms with E-state index < -0.39 is 0 Å². The third kappa shape index (κ3) is 2.04. The van der Waals surface area contributed by atoms with E-state index in [1.807, 2.05) is 31.2 Å². The summed E-state index contributed by atoms with van der Waals surface area (Å²) in [5.41, 5.74) is 1.78. The Bertz CT molecular complexity index is 510. The van der Waals surface area contributed by atoms with Gasteiger partial charge in [0.1, 0.15) is 0 Å². The first-order valence-electron chi connectivity index (χ1n) is 4.77. The molecule has 0 unspecified atom stereocenters. The quantitative estimate of drug-likeness (QED) is 0.891. The van der Waals surface area contributed by atoms with Crippen LogP contribution in [0.1, 0.15) is 12.6 Å². The molecule has 1 N–H and O–H groups in total. The first-order chi connectivity index (χ1) is 7.20. The second kappa shape index (κ2) is 4.06. The Morgan fingerprint density at radius 1 is 1.33 bits per heavy atom. The Balaban J connectivity index is 2.49. The van der Waals surface area contributed by atoms with E-state index in [1.165, 1.54) is 0 Å². The van der Waals surface area contributed by atoms with Gasteiger partial charge >= 0.3 is 0 Å². The van der Waals surface area contributed by atoms with Crippen LogP contribution in [0, 0.1) is 0 Å². The zero-order chi connectivity index (χ0) is 10.8. The average Bonchev–Trinajstić information content (AvgIpc) is 2.61. The highest BCUT2D eigenvalue weighted by molar-refractivity contribution is 9.10. The number of hydrogen-bond donors (Lipinski definition) is 1. The number of aromatic nitrogens is 2. The van der Waals surface area contributed by atoms with Gasteiger partial charge in [-0.1, -0.05) is 22.9 Å². The molecule has 0 fully saturated rings. The van der Waals surface area contributed by atoms with E-state index in [4.69, 9.17) is 0 Å². The number of H-pyrrole nitrogens is 1. The van der Waals surface area contributed by atoms with E-state index in [9.17, 15) is 4.79 Å². The summed E-state index contributed by atoms with van der Waals surface area (Å²) in [4.78, 5) is 11.6. The van der Waals surface area contributed by atoms with Gasteiger partial charge in [-0.3, -0.25) is 9.89 Å². The molecule has 0 spiro atoms. The fourth-order valence-electron chi connectivity index (χ4n) is 1.41. The van der Waals surface area contributed by atoms with Gasteiger partial charge in [-0.05, 0) is 30.7 Å². The van der Waals surface area contributed by atoms with Gasteiger partial charge in [-0.2, -0.15) is 0 Å². The van der Waals surface area contributed by atoms with Crippen molar-refractivity contribution in [2.24, 2.45) is 0 Å². The number of nitrogens with zero attached hydrogens (tertiary/aromatic N) is 1. The van der Waals surface area contributed by atoms with Crippen molar-refractivity contribution in [3.8, 4) is 5.69 Å². The Morgan fingerprint density at radius 2 is 2.00 bits per heavy atom. The molecule has 0 aliphatic rings. The highest BCUT2D eigenvalue weighted by atomic mass is 79.9. The maximum Gasteiger partial charge on any atom is 0.271 e. The molecule has 0 saturated carbocycles. The van der Waals surface area contributed by atoms with Crippen LogP contribution in [-0.4, -0.2) is 9.78 Å². The fraction of sp³-hybridized carbons (Fsp3) is 0.182. The summed E-state index contributed by atoms with van der Waals surface area (Å²) < 4.78 is 2.55. The van der Waals surface area contributed by atoms with E-state index in [0.717, 1.165) is 22.3 Å². The number of halogens is 1. The van der Waals surface area contributed by atoms with Crippen molar-refractivity contribution < 1.29 is 0 Å². The Morgan fingerprint density at radius 3 is 2.53 bits per heavy atom. The average molecular weight is 267 g/mol. The molecule has 3 nitrogen and oxygen atoms in total. The summed E-state index contributed by atoms with van der Waals surface area (Å²) in [7, 11) is 0. The van der Waals surface area contributed by atoms with Crippen molar-refractivity contribution in [3.05, 3.63) is 50.9 Å². The molecule has 0 saturated heterocycles. The van der Waals surface area contributed by atoms with Gasteiger partial charge in [-0.25, -0.2) is 4.68 Å². The number of benzene rings is 1. The SMILES string of the molecule is CCc1cc(=O)n(-c2ccc(Br)cc2)[nH]1. The van der Waals surface area contributed by atoms with Crippen LogP contribution in [0.5, 0.6) is 0 Å². The van der Waals surface area contributed by atoms with Gasteiger partial charge in [0.2, 0.25) is 0 Å². The van der Waals surface area contributed by atoms with Crippen LogP contribution < -0.4 is 5.56 Å². The van der Waals surface area contributed by atoms with Crippen molar-refractivity contribution in [2.45, 2.75) is 13.3 Å². The van der Waals surface area contributed by atoms with Crippen LogP contribution in [0.15, 0.2) is 39.6 Å². The molecular weight excluding hydrogens is 256 g/mol. The van der Waals surface area contributed by atoms with Crippen molar-refractivity contribution >= 4 is 15.9 Å².